The van der Waals surface area contributed by atoms with E-state index in [-0.39, 0.29) is 27.5 Å². The molecule has 0 saturated carbocycles. The summed E-state index contributed by atoms with van der Waals surface area (Å²) < 4.78 is 14.3. The Hall–Kier alpha value is -0.260. The van der Waals surface area contributed by atoms with Gasteiger partial charge in [-0.25, -0.2) is 4.39 Å². The summed E-state index contributed by atoms with van der Waals surface area (Å²) in [6, 6.07) is 12.7. The molecule has 3 rings (SSSR count). The van der Waals surface area contributed by atoms with Crippen LogP contribution in [-0.4, -0.2) is 25.0 Å². The van der Waals surface area contributed by atoms with Crippen molar-refractivity contribution in [3.63, 3.8) is 0 Å². The van der Waals surface area contributed by atoms with Gasteiger partial charge in [0, 0.05) is 26.1 Å². The number of hydrogen-bond acceptors (Lipinski definition) is 2. The van der Waals surface area contributed by atoms with Crippen molar-refractivity contribution in [1.29, 1.82) is 0 Å². The average molecular weight is 465 g/mol. The predicted molar refractivity (Wildman–Crippen MR) is 113 cm³/mol. The van der Waals surface area contributed by atoms with Crippen LogP contribution in [0.3, 0.4) is 0 Å². The van der Waals surface area contributed by atoms with Crippen molar-refractivity contribution in [2.75, 3.05) is 20.1 Å². The van der Waals surface area contributed by atoms with E-state index in [4.69, 9.17) is 23.2 Å². The molecular weight excluding hydrogens is 444 g/mol. The minimum atomic E-state index is -0.208. The molecule has 1 fully saturated rings. The highest BCUT2D eigenvalue weighted by atomic mass is 79.9. The second kappa shape index (κ2) is 9.09. The molecule has 1 nitrogen and oxygen atoms in total. The number of nitrogens with zero attached hydrogens (tertiary/aromatic N) is 1. The largest absolute Gasteiger partial charge is 0.306 e. The Kier molecular flexibility index (Phi) is 7.66. The van der Waals surface area contributed by atoms with Crippen molar-refractivity contribution in [3.8, 4) is 0 Å². The van der Waals surface area contributed by atoms with Crippen LogP contribution in [-0.2, 0) is 10.5 Å². The maximum absolute atomic E-state index is 14.5. The smallest absolute Gasteiger partial charge is 0.127 e. The summed E-state index contributed by atoms with van der Waals surface area (Å²) in [7, 11) is 2.12. The molecule has 0 atom stereocenters. The topological polar surface area (TPSA) is 3.24 Å². The van der Waals surface area contributed by atoms with Crippen LogP contribution in [0.4, 0.5) is 4.39 Å². The van der Waals surface area contributed by atoms with Gasteiger partial charge in [0.25, 0.3) is 0 Å². The Balaban J connectivity index is 0.00000225. The summed E-state index contributed by atoms with van der Waals surface area (Å²) in [5.41, 5.74) is 1.86. The van der Waals surface area contributed by atoms with Gasteiger partial charge in [0.2, 0.25) is 0 Å². The fraction of sp³-hybridized carbons (Fsp3) is 0.368. The molecule has 0 unspecified atom stereocenters. The summed E-state index contributed by atoms with van der Waals surface area (Å²) in [5.74, 6) is 0.630. The van der Waals surface area contributed by atoms with Gasteiger partial charge >= 0.3 is 0 Å². The number of thioether (sulfide) groups is 1. The fourth-order valence-electron chi connectivity index (χ4n) is 3.16. The number of rotatable bonds is 4. The zero-order chi connectivity index (χ0) is 17.2. The van der Waals surface area contributed by atoms with E-state index in [1.54, 1.807) is 30.0 Å². The zero-order valence-corrected chi connectivity index (χ0v) is 18.0. The molecule has 6 heteroatoms. The number of benzene rings is 2. The van der Waals surface area contributed by atoms with Crippen molar-refractivity contribution >= 4 is 51.9 Å². The van der Waals surface area contributed by atoms with Crippen molar-refractivity contribution < 1.29 is 4.39 Å². The third-order valence-electron chi connectivity index (χ3n) is 4.68. The van der Waals surface area contributed by atoms with Crippen LogP contribution in [0.5, 0.6) is 0 Å². The summed E-state index contributed by atoms with van der Waals surface area (Å²) in [6.07, 6.45) is 1.86. The van der Waals surface area contributed by atoms with Gasteiger partial charge in [0.1, 0.15) is 5.82 Å². The van der Waals surface area contributed by atoms with Gasteiger partial charge < -0.3 is 4.90 Å². The zero-order valence-electron chi connectivity index (χ0n) is 14.0. The fourth-order valence-corrected chi connectivity index (χ4v) is 5.19. The second-order valence-corrected chi connectivity index (χ2v) is 8.50. The maximum Gasteiger partial charge on any atom is 0.127 e. The molecule has 2 aromatic rings. The van der Waals surface area contributed by atoms with Gasteiger partial charge in [-0.3, -0.25) is 0 Å². The lowest BCUT2D eigenvalue weighted by Crippen LogP contribution is -2.39. The summed E-state index contributed by atoms with van der Waals surface area (Å²) in [4.78, 5) is 2.30. The average Bonchev–Trinajstić information content (AvgIpc) is 2.56. The van der Waals surface area contributed by atoms with Crippen LogP contribution < -0.4 is 0 Å². The molecule has 25 heavy (non-hydrogen) atoms. The lowest BCUT2D eigenvalue weighted by Gasteiger charge is -2.41. The first-order valence-corrected chi connectivity index (χ1v) is 9.76. The van der Waals surface area contributed by atoms with Gasteiger partial charge in [0.05, 0.1) is 0 Å². The molecular formula is C19H21BrCl2FNS. The monoisotopic (exact) mass is 463 g/mol. The van der Waals surface area contributed by atoms with E-state index in [1.165, 1.54) is 0 Å². The Morgan fingerprint density at radius 3 is 2.44 bits per heavy atom. The van der Waals surface area contributed by atoms with Crippen LogP contribution in [0.1, 0.15) is 24.0 Å². The van der Waals surface area contributed by atoms with E-state index in [2.05, 4.69) is 11.9 Å². The number of halogens is 4. The summed E-state index contributed by atoms with van der Waals surface area (Å²) in [5, 5.41) is 1.31. The maximum atomic E-state index is 14.5. The van der Waals surface area contributed by atoms with Crippen molar-refractivity contribution in [2.45, 2.75) is 23.3 Å². The summed E-state index contributed by atoms with van der Waals surface area (Å²) >= 11 is 14.1. The third-order valence-corrected chi connectivity index (χ3v) is 6.90. The quantitative estimate of drug-likeness (QED) is 0.503. The first kappa shape index (κ1) is 21.0. The number of piperidine rings is 1. The first-order valence-electron chi connectivity index (χ1n) is 8.02. The van der Waals surface area contributed by atoms with Crippen LogP contribution in [0.25, 0.3) is 0 Å². The molecule has 0 aromatic heterocycles. The van der Waals surface area contributed by atoms with Crippen molar-refractivity contribution in [1.82, 2.24) is 4.90 Å². The van der Waals surface area contributed by atoms with Crippen molar-refractivity contribution in [3.05, 3.63) is 69.5 Å². The van der Waals surface area contributed by atoms with E-state index >= 15 is 0 Å². The second-order valence-electron chi connectivity index (χ2n) is 6.30. The molecule has 1 heterocycles. The molecule has 0 bridgehead atoms. The predicted octanol–water partition coefficient (Wildman–Crippen LogP) is 6.56. The van der Waals surface area contributed by atoms with E-state index in [0.29, 0.717) is 10.0 Å². The lowest BCUT2D eigenvalue weighted by atomic mass is 9.88. The van der Waals surface area contributed by atoms with Gasteiger partial charge in [0.15, 0.2) is 0 Å². The van der Waals surface area contributed by atoms with Gasteiger partial charge in [-0.2, -0.15) is 0 Å². The van der Waals surface area contributed by atoms with E-state index < -0.39 is 0 Å². The Morgan fingerprint density at radius 1 is 1.12 bits per heavy atom. The molecule has 1 saturated heterocycles. The van der Waals surface area contributed by atoms with Crippen molar-refractivity contribution in [2.24, 2.45) is 0 Å². The van der Waals surface area contributed by atoms with E-state index in [1.807, 2.05) is 24.3 Å². The minimum Gasteiger partial charge on any atom is -0.306 e. The molecule has 2 aromatic carbocycles. The highest BCUT2D eigenvalue weighted by Crippen LogP contribution is 2.47. The highest BCUT2D eigenvalue weighted by molar-refractivity contribution is 8.93. The highest BCUT2D eigenvalue weighted by Gasteiger charge is 2.37. The Bertz CT molecular complexity index is 720. The molecule has 136 valence electrons. The van der Waals surface area contributed by atoms with E-state index in [0.717, 1.165) is 42.8 Å². The first-order chi connectivity index (χ1) is 11.5. The molecule has 0 amide bonds. The lowest BCUT2D eigenvalue weighted by molar-refractivity contribution is 0.237. The van der Waals surface area contributed by atoms with Gasteiger partial charge in [-0.15, -0.1) is 28.7 Å². The Labute approximate surface area is 173 Å². The van der Waals surface area contributed by atoms with E-state index in [9.17, 15) is 4.39 Å². The standard InChI is InChI=1S/C19H20Cl2FNS.BrH/c1-23-10-8-19(9-11-23,16-4-2-3-5-18(16)22)24-13-14-6-7-15(20)12-17(14)21;/h2-7,12H,8-11,13H2,1H3;1H. The normalized spacial score (nSPS) is 17.1. The summed E-state index contributed by atoms with van der Waals surface area (Å²) in [6.45, 7) is 1.94. The molecule has 1 aliphatic rings. The molecule has 0 N–H and O–H groups in total. The number of likely N-dealkylation sites (tertiary alicyclic amines) is 1. The van der Waals surface area contributed by atoms with Crippen LogP contribution in [0, 0.1) is 5.82 Å². The SMILES string of the molecule is Br.CN1CCC(SCc2ccc(Cl)cc2Cl)(c2ccccc2F)CC1. The van der Waals surface area contributed by atoms with Crippen LogP contribution in [0.15, 0.2) is 42.5 Å². The third kappa shape index (κ3) is 4.92. The Morgan fingerprint density at radius 2 is 1.80 bits per heavy atom. The number of hydrogen-bond donors (Lipinski definition) is 0. The molecule has 0 spiro atoms. The van der Waals surface area contributed by atoms with Crippen LogP contribution in [0.2, 0.25) is 10.0 Å². The molecule has 1 aliphatic heterocycles. The van der Waals surface area contributed by atoms with Crippen LogP contribution >= 0.6 is 51.9 Å². The minimum absolute atomic E-state index is 0. The molecule has 0 aliphatic carbocycles. The molecule has 0 radical (unpaired) electrons. The van der Waals surface area contributed by atoms with Gasteiger partial charge in [-0.05, 0) is 56.7 Å². The van der Waals surface area contributed by atoms with Gasteiger partial charge in [-0.1, -0.05) is 47.5 Å².